The van der Waals surface area contributed by atoms with E-state index in [0.717, 1.165) is 27.7 Å². The van der Waals surface area contributed by atoms with E-state index in [4.69, 9.17) is 15.2 Å². The number of hydrogen-bond acceptors (Lipinski definition) is 4. The number of pyridine rings is 1. The summed E-state index contributed by atoms with van der Waals surface area (Å²) >= 11 is 0. The standard InChI is InChI=1S/C13H14N2O2/c1-8-7-15-12(13-16-5-6-17-13)9-3-2-4-10(14)11(8)9/h2-4,7,13H,5-6,14H2,1H3. The van der Waals surface area contributed by atoms with Crippen LogP contribution in [0.4, 0.5) is 5.69 Å². The predicted octanol–water partition coefficient (Wildman–Crippen LogP) is 2.17. The van der Waals surface area contributed by atoms with Crippen molar-refractivity contribution in [3.8, 4) is 0 Å². The number of hydrogen-bond donors (Lipinski definition) is 1. The lowest BCUT2D eigenvalue weighted by Crippen LogP contribution is -2.03. The van der Waals surface area contributed by atoms with Gasteiger partial charge >= 0.3 is 0 Å². The third-order valence-corrected chi connectivity index (χ3v) is 3.01. The topological polar surface area (TPSA) is 57.4 Å². The van der Waals surface area contributed by atoms with Gasteiger partial charge in [0.1, 0.15) is 5.69 Å². The van der Waals surface area contributed by atoms with E-state index in [1.54, 1.807) is 0 Å². The summed E-state index contributed by atoms with van der Waals surface area (Å²) < 4.78 is 11.0. The number of benzene rings is 1. The number of rotatable bonds is 1. The summed E-state index contributed by atoms with van der Waals surface area (Å²) in [6.45, 7) is 3.24. The lowest BCUT2D eigenvalue weighted by molar-refractivity contribution is -0.0460. The molecule has 3 rings (SSSR count). The highest BCUT2D eigenvalue weighted by Crippen LogP contribution is 2.32. The van der Waals surface area contributed by atoms with E-state index < -0.39 is 0 Å². The van der Waals surface area contributed by atoms with E-state index >= 15 is 0 Å². The highest BCUT2D eigenvalue weighted by molar-refractivity contribution is 5.96. The number of fused-ring (bicyclic) bond motifs is 1. The number of nitrogens with two attached hydrogens (primary N) is 1. The first-order chi connectivity index (χ1) is 8.27. The van der Waals surface area contributed by atoms with Crippen LogP contribution in [0.25, 0.3) is 10.8 Å². The van der Waals surface area contributed by atoms with Crippen LogP contribution >= 0.6 is 0 Å². The molecule has 0 radical (unpaired) electrons. The Labute approximate surface area is 99.4 Å². The molecule has 0 aliphatic carbocycles. The number of aromatic nitrogens is 1. The van der Waals surface area contributed by atoms with Gasteiger partial charge in [-0.05, 0) is 18.6 Å². The predicted molar refractivity (Wildman–Crippen MR) is 65.5 cm³/mol. The molecule has 0 amide bonds. The summed E-state index contributed by atoms with van der Waals surface area (Å²) in [4.78, 5) is 4.42. The highest BCUT2D eigenvalue weighted by Gasteiger charge is 2.22. The number of nitrogens with zero attached hydrogens (tertiary/aromatic N) is 1. The molecule has 0 unspecified atom stereocenters. The summed E-state index contributed by atoms with van der Waals surface area (Å²) in [5, 5.41) is 2.05. The first kappa shape index (κ1) is 10.5. The molecule has 1 saturated heterocycles. The van der Waals surface area contributed by atoms with Gasteiger partial charge in [0.15, 0.2) is 0 Å². The van der Waals surface area contributed by atoms with Gasteiger partial charge in [-0.25, -0.2) is 0 Å². The Morgan fingerprint density at radius 2 is 2.06 bits per heavy atom. The summed E-state index contributed by atoms with van der Waals surface area (Å²) in [7, 11) is 0. The van der Waals surface area contributed by atoms with Crippen LogP contribution in [0.1, 0.15) is 17.5 Å². The summed E-state index contributed by atoms with van der Waals surface area (Å²) in [5.41, 5.74) is 8.67. The van der Waals surface area contributed by atoms with Crippen LogP contribution in [0.3, 0.4) is 0 Å². The van der Waals surface area contributed by atoms with Gasteiger partial charge in [0.05, 0.1) is 13.2 Å². The molecular formula is C13H14N2O2. The van der Waals surface area contributed by atoms with Crippen LogP contribution in [0.5, 0.6) is 0 Å². The Kier molecular flexibility index (Phi) is 2.46. The second kappa shape index (κ2) is 3.98. The minimum Gasteiger partial charge on any atom is -0.398 e. The molecule has 1 aliphatic rings. The van der Waals surface area contributed by atoms with Crippen molar-refractivity contribution in [3.05, 3.63) is 35.7 Å². The fourth-order valence-electron chi connectivity index (χ4n) is 2.23. The molecule has 2 heterocycles. The molecule has 1 aliphatic heterocycles. The Morgan fingerprint density at radius 1 is 1.29 bits per heavy atom. The third-order valence-electron chi connectivity index (χ3n) is 3.01. The van der Waals surface area contributed by atoms with E-state index in [1.165, 1.54) is 0 Å². The second-order valence-corrected chi connectivity index (χ2v) is 4.17. The molecule has 4 heteroatoms. The highest BCUT2D eigenvalue weighted by atomic mass is 16.7. The van der Waals surface area contributed by atoms with Crippen LogP contribution in [-0.4, -0.2) is 18.2 Å². The van der Waals surface area contributed by atoms with Gasteiger partial charge < -0.3 is 15.2 Å². The molecule has 0 saturated carbocycles. The first-order valence-corrected chi connectivity index (χ1v) is 5.64. The van der Waals surface area contributed by atoms with Crippen LogP contribution in [0.15, 0.2) is 24.4 Å². The van der Waals surface area contributed by atoms with Crippen molar-refractivity contribution >= 4 is 16.5 Å². The van der Waals surface area contributed by atoms with E-state index in [9.17, 15) is 0 Å². The minimum absolute atomic E-state index is 0.361. The normalized spacial score (nSPS) is 16.8. The van der Waals surface area contributed by atoms with Crippen molar-refractivity contribution in [1.29, 1.82) is 0 Å². The molecule has 4 nitrogen and oxygen atoms in total. The number of ether oxygens (including phenoxy) is 2. The summed E-state index contributed by atoms with van der Waals surface area (Å²) in [5.74, 6) is 0. The number of anilines is 1. The molecule has 1 fully saturated rings. The molecule has 0 spiro atoms. The fourth-order valence-corrected chi connectivity index (χ4v) is 2.23. The minimum atomic E-state index is -0.361. The van der Waals surface area contributed by atoms with Crippen molar-refractivity contribution in [2.45, 2.75) is 13.2 Å². The maximum Gasteiger partial charge on any atom is 0.201 e. The van der Waals surface area contributed by atoms with Crippen molar-refractivity contribution < 1.29 is 9.47 Å². The molecule has 0 bridgehead atoms. The molecule has 2 N–H and O–H groups in total. The maximum absolute atomic E-state index is 6.02. The van der Waals surface area contributed by atoms with Crippen LogP contribution in [-0.2, 0) is 9.47 Å². The van der Waals surface area contributed by atoms with Crippen molar-refractivity contribution in [2.75, 3.05) is 18.9 Å². The summed E-state index contributed by atoms with van der Waals surface area (Å²) in [6.07, 6.45) is 1.46. The second-order valence-electron chi connectivity index (χ2n) is 4.17. The zero-order valence-corrected chi connectivity index (χ0v) is 9.64. The zero-order valence-electron chi connectivity index (χ0n) is 9.64. The smallest absolute Gasteiger partial charge is 0.201 e. The fraction of sp³-hybridized carbons (Fsp3) is 0.308. The first-order valence-electron chi connectivity index (χ1n) is 5.64. The van der Waals surface area contributed by atoms with E-state index in [1.807, 2.05) is 31.3 Å². The third kappa shape index (κ3) is 1.66. The average Bonchev–Trinajstić information content (AvgIpc) is 2.83. The van der Waals surface area contributed by atoms with Gasteiger partial charge in [0.2, 0.25) is 6.29 Å². The summed E-state index contributed by atoms with van der Waals surface area (Å²) in [6, 6.07) is 5.83. The molecule has 88 valence electrons. The van der Waals surface area contributed by atoms with Crippen LogP contribution in [0, 0.1) is 6.92 Å². The van der Waals surface area contributed by atoms with Crippen LogP contribution in [0.2, 0.25) is 0 Å². The molecule has 1 aromatic carbocycles. The Hall–Kier alpha value is -1.65. The lowest BCUT2D eigenvalue weighted by Gasteiger charge is -2.13. The van der Waals surface area contributed by atoms with Gasteiger partial charge in [0, 0.05) is 22.7 Å². The Bertz CT molecular complexity index is 554. The van der Waals surface area contributed by atoms with Gasteiger partial charge in [-0.2, -0.15) is 0 Å². The lowest BCUT2D eigenvalue weighted by atomic mass is 10.0. The number of nitrogen functional groups attached to an aromatic ring is 1. The monoisotopic (exact) mass is 230 g/mol. The molecule has 0 atom stereocenters. The van der Waals surface area contributed by atoms with Gasteiger partial charge in [-0.1, -0.05) is 12.1 Å². The molecule has 2 aromatic rings. The quantitative estimate of drug-likeness (QED) is 0.763. The maximum atomic E-state index is 6.02. The Morgan fingerprint density at radius 3 is 2.82 bits per heavy atom. The van der Waals surface area contributed by atoms with Crippen molar-refractivity contribution in [1.82, 2.24) is 4.98 Å². The van der Waals surface area contributed by atoms with E-state index in [2.05, 4.69) is 4.98 Å². The largest absolute Gasteiger partial charge is 0.398 e. The zero-order chi connectivity index (χ0) is 11.8. The van der Waals surface area contributed by atoms with Crippen molar-refractivity contribution in [2.24, 2.45) is 0 Å². The number of aryl methyl sites for hydroxylation is 1. The van der Waals surface area contributed by atoms with Crippen LogP contribution < -0.4 is 5.73 Å². The SMILES string of the molecule is Cc1cnc(C2OCCO2)c2cccc(N)c12. The molecular weight excluding hydrogens is 216 g/mol. The average molecular weight is 230 g/mol. The Balaban J connectivity index is 2.26. The van der Waals surface area contributed by atoms with Gasteiger partial charge in [0.25, 0.3) is 0 Å². The van der Waals surface area contributed by atoms with E-state index in [0.29, 0.717) is 13.2 Å². The van der Waals surface area contributed by atoms with Gasteiger partial charge in [-0.15, -0.1) is 0 Å². The van der Waals surface area contributed by atoms with Crippen molar-refractivity contribution in [3.63, 3.8) is 0 Å². The van der Waals surface area contributed by atoms with Gasteiger partial charge in [-0.3, -0.25) is 4.98 Å². The molecule has 17 heavy (non-hydrogen) atoms. The van der Waals surface area contributed by atoms with E-state index in [-0.39, 0.29) is 6.29 Å². The molecule has 1 aromatic heterocycles.